The summed E-state index contributed by atoms with van der Waals surface area (Å²) in [5.74, 6) is 0. The quantitative estimate of drug-likeness (QED) is 0.797. The summed E-state index contributed by atoms with van der Waals surface area (Å²) in [5.41, 5.74) is 2.09. The fourth-order valence-corrected chi connectivity index (χ4v) is 3.70. The van der Waals surface area contributed by atoms with Gasteiger partial charge in [-0.15, -0.1) is 0 Å². The lowest BCUT2D eigenvalue weighted by Gasteiger charge is -2.09. The molecule has 0 spiro atoms. The van der Waals surface area contributed by atoms with E-state index in [0.717, 1.165) is 5.52 Å². The van der Waals surface area contributed by atoms with Gasteiger partial charge in [0.1, 0.15) is 0 Å². The molecule has 2 heterocycles. The summed E-state index contributed by atoms with van der Waals surface area (Å²) in [6.07, 6.45) is 1.81. The van der Waals surface area contributed by atoms with Gasteiger partial charge in [-0.1, -0.05) is 23.7 Å². The Kier molecular flexibility index (Phi) is 3.90. The summed E-state index contributed by atoms with van der Waals surface area (Å²) in [6, 6.07) is 12.3. The molecule has 3 aromatic rings. The molecular formula is C15H14ClN3O2S. The highest BCUT2D eigenvalue weighted by atomic mass is 35.5. The predicted molar refractivity (Wildman–Crippen MR) is 85.4 cm³/mol. The van der Waals surface area contributed by atoms with E-state index in [2.05, 4.69) is 9.82 Å². The van der Waals surface area contributed by atoms with Crippen molar-refractivity contribution in [2.24, 2.45) is 0 Å². The lowest BCUT2D eigenvalue weighted by atomic mass is 10.2. The molecule has 0 fully saturated rings. The Morgan fingerprint density at radius 2 is 2.05 bits per heavy atom. The van der Waals surface area contributed by atoms with Gasteiger partial charge < -0.3 is 0 Å². The van der Waals surface area contributed by atoms with E-state index in [4.69, 9.17) is 11.6 Å². The van der Waals surface area contributed by atoms with Gasteiger partial charge in [-0.05, 0) is 42.8 Å². The standard InChI is InChI=1S/C15H14ClN3O2S/c1-11-14(16)6-4-7-15(11)22(20,21)17-10-12-9-13-5-2-3-8-19(13)18-12/h2-9,17H,10H2,1H3. The SMILES string of the molecule is Cc1c(Cl)cccc1S(=O)(=O)NCc1cc2ccccn2n1. The molecule has 0 aliphatic heterocycles. The fourth-order valence-electron chi connectivity index (χ4n) is 2.20. The van der Waals surface area contributed by atoms with Crippen LogP contribution in [-0.2, 0) is 16.6 Å². The molecule has 114 valence electrons. The molecule has 22 heavy (non-hydrogen) atoms. The van der Waals surface area contributed by atoms with Gasteiger partial charge >= 0.3 is 0 Å². The maximum absolute atomic E-state index is 12.4. The van der Waals surface area contributed by atoms with Crippen molar-refractivity contribution >= 4 is 27.1 Å². The Bertz CT molecular complexity index is 902. The number of benzene rings is 1. The molecule has 0 amide bonds. The molecule has 0 saturated heterocycles. The average Bonchev–Trinajstić information content (AvgIpc) is 2.91. The van der Waals surface area contributed by atoms with Crippen molar-refractivity contribution in [3.63, 3.8) is 0 Å². The summed E-state index contributed by atoms with van der Waals surface area (Å²) in [5, 5.41) is 4.74. The normalized spacial score (nSPS) is 11.9. The van der Waals surface area contributed by atoms with Crippen LogP contribution in [0.2, 0.25) is 5.02 Å². The number of nitrogens with zero attached hydrogens (tertiary/aromatic N) is 2. The number of aromatic nitrogens is 2. The van der Waals surface area contributed by atoms with Crippen LogP contribution in [-0.4, -0.2) is 18.0 Å². The van der Waals surface area contributed by atoms with Gasteiger partial charge in [-0.2, -0.15) is 5.10 Å². The second-order valence-electron chi connectivity index (χ2n) is 4.89. The zero-order chi connectivity index (χ0) is 15.7. The molecule has 0 radical (unpaired) electrons. The van der Waals surface area contributed by atoms with E-state index in [1.54, 1.807) is 23.6 Å². The predicted octanol–water partition coefficient (Wildman–Crippen LogP) is 2.77. The highest BCUT2D eigenvalue weighted by Crippen LogP contribution is 2.22. The maximum Gasteiger partial charge on any atom is 0.241 e. The fraction of sp³-hybridized carbons (Fsp3) is 0.133. The smallest absolute Gasteiger partial charge is 0.241 e. The number of nitrogens with one attached hydrogen (secondary N) is 1. The zero-order valence-corrected chi connectivity index (χ0v) is 13.4. The molecule has 0 unspecified atom stereocenters. The molecule has 0 aliphatic rings. The van der Waals surface area contributed by atoms with Gasteiger partial charge in [-0.3, -0.25) is 0 Å². The molecule has 1 aromatic carbocycles. The Labute approximate surface area is 133 Å². The molecule has 3 rings (SSSR count). The Hall–Kier alpha value is -1.89. The first kappa shape index (κ1) is 15.0. The number of fused-ring (bicyclic) bond motifs is 1. The molecule has 0 bridgehead atoms. The van der Waals surface area contributed by atoms with Gasteiger partial charge in [0.25, 0.3) is 0 Å². The molecule has 7 heteroatoms. The number of pyridine rings is 1. The van der Waals surface area contributed by atoms with Crippen molar-refractivity contribution in [2.45, 2.75) is 18.4 Å². The summed E-state index contributed by atoms with van der Waals surface area (Å²) < 4.78 is 29.0. The van der Waals surface area contributed by atoms with E-state index in [9.17, 15) is 8.42 Å². The number of hydrogen-bond donors (Lipinski definition) is 1. The van der Waals surface area contributed by atoms with Crippen molar-refractivity contribution in [2.75, 3.05) is 0 Å². The lowest BCUT2D eigenvalue weighted by molar-refractivity contribution is 0.579. The van der Waals surface area contributed by atoms with Crippen LogP contribution in [0.15, 0.2) is 53.6 Å². The first-order chi connectivity index (χ1) is 10.5. The van der Waals surface area contributed by atoms with Gasteiger partial charge in [0.15, 0.2) is 0 Å². The van der Waals surface area contributed by atoms with Gasteiger partial charge in [0, 0.05) is 11.2 Å². The Morgan fingerprint density at radius 3 is 2.82 bits per heavy atom. The van der Waals surface area contributed by atoms with Crippen LogP contribution in [0.25, 0.3) is 5.52 Å². The summed E-state index contributed by atoms with van der Waals surface area (Å²) in [7, 11) is -3.63. The van der Waals surface area contributed by atoms with Crippen LogP contribution in [0.4, 0.5) is 0 Å². The first-order valence-corrected chi connectivity index (χ1v) is 8.51. The minimum atomic E-state index is -3.63. The number of rotatable bonds is 4. The van der Waals surface area contributed by atoms with Crippen LogP contribution in [0, 0.1) is 6.92 Å². The van der Waals surface area contributed by atoms with Crippen LogP contribution < -0.4 is 4.72 Å². The third-order valence-corrected chi connectivity index (χ3v) is 5.33. The summed E-state index contributed by atoms with van der Waals surface area (Å²) >= 11 is 5.98. The van der Waals surface area contributed by atoms with Gasteiger partial charge in [0.2, 0.25) is 10.0 Å². The molecular weight excluding hydrogens is 322 g/mol. The van der Waals surface area contributed by atoms with Crippen molar-refractivity contribution in [3.8, 4) is 0 Å². The minimum absolute atomic E-state index is 0.121. The number of sulfonamides is 1. The van der Waals surface area contributed by atoms with Crippen molar-refractivity contribution < 1.29 is 8.42 Å². The second kappa shape index (κ2) is 5.72. The monoisotopic (exact) mass is 335 g/mol. The van der Waals surface area contributed by atoms with E-state index in [1.807, 2.05) is 30.5 Å². The lowest BCUT2D eigenvalue weighted by Crippen LogP contribution is -2.24. The van der Waals surface area contributed by atoms with Gasteiger partial charge in [0.05, 0.1) is 22.7 Å². The third-order valence-electron chi connectivity index (χ3n) is 3.37. The van der Waals surface area contributed by atoms with E-state index in [-0.39, 0.29) is 11.4 Å². The first-order valence-electron chi connectivity index (χ1n) is 6.65. The Balaban J connectivity index is 1.84. The molecule has 5 nitrogen and oxygen atoms in total. The largest absolute Gasteiger partial charge is 0.241 e. The number of hydrogen-bond acceptors (Lipinski definition) is 3. The average molecular weight is 336 g/mol. The molecule has 1 N–H and O–H groups in total. The molecule has 0 aliphatic carbocycles. The number of halogens is 1. The Morgan fingerprint density at radius 1 is 1.23 bits per heavy atom. The van der Waals surface area contributed by atoms with Crippen molar-refractivity contribution in [1.29, 1.82) is 0 Å². The van der Waals surface area contributed by atoms with Crippen LogP contribution in [0.1, 0.15) is 11.3 Å². The molecule has 0 atom stereocenters. The maximum atomic E-state index is 12.4. The topological polar surface area (TPSA) is 63.5 Å². The summed E-state index contributed by atoms with van der Waals surface area (Å²) in [4.78, 5) is 0.184. The van der Waals surface area contributed by atoms with Gasteiger partial charge in [-0.25, -0.2) is 17.7 Å². The van der Waals surface area contributed by atoms with Crippen LogP contribution in [0.5, 0.6) is 0 Å². The van der Waals surface area contributed by atoms with Crippen LogP contribution >= 0.6 is 11.6 Å². The summed E-state index contributed by atoms with van der Waals surface area (Å²) in [6.45, 7) is 1.80. The van der Waals surface area contributed by atoms with E-state index < -0.39 is 10.0 Å². The van der Waals surface area contributed by atoms with Crippen molar-refractivity contribution in [3.05, 3.63) is 64.9 Å². The van der Waals surface area contributed by atoms with Crippen LogP contribution in [0.3, 0.4) is 0 Å². The molecule has 2 aromatic heterocycles. The van der Waals surface area contributed by atoms with E-state index in [0.29, 0.717) is 16.3 Å². The highest BCUT2D eigenvalue weighted by Gasteiger charge is 2.18. The third kappa shape index (κ3) is 2.85. The van der Waals surface area contributed by atoms with Crippen molar-refractivity contribution in [1.82, 2.24) is 14.3 Å². The van der Waals surface area contributed by atoms with E-state index >= 15 is 0 Å². The second-order valence-corrected chi connectivity index (χ2v) is 7.04. The van der Waals surface area contributed by atoms with E-state index in [1.165, 1.54) is 6.07 Å². The zero-order valence-electron chi connectivity index (χ0n) is 11.8. The highest BCUT2D eigenvalue weighted by molar-refractivity contribution is 7.89. The molecule has 0 saturated carbocycles. The minimum Gasteiger partial charge on any atom is -0.241 e.